The number of fused-ring (bicyclic) bond motifs is 5. The quantitative estimate of drug-likeness (QED) is 0.0866. The van der Waals surface area contributed by atoms with Gasteiger partial charge in [0.1, 0.15) is 11.3 Å². The molecule has 0 heterocycles. The highest BCUT2D eigenvalue weighted by Crippen LogP contribution is 2.53. The van der Waals surface area contributed by atoms with Gasteiger partial charge in [-0.05, 0) is 127 Å². The van der Waals surface area contributed by atoms with E-state index in [-0.39, 0.29) is 27.9 Å². The number of thioether (sulfide) groups is 1. The summed E-state index contributed by atoms with van der Waals surface area (Å²) in [6, 6.07) is 34.2. The van der Waals surface area contributed by atoms with Gasteiger partial charge in [-0.15, -0.1) is 11.8 Å². The van der Waals surface area contributed by atoms with Crippen LogP contribution in [0.3, 0.4) is 0 Å². The van der Waals surface area contributed by atoms with Crippen LogP contribution in [0.1, 0.15) is 83.5 Å². The minimum absolute atomic E-state index is 0.0922. The molecule has 6 heteroatoms. The normalized spacial score (nSPS) is 15.5. The molecule has 0 spiro atoms. The second-order valence-electron chi connectivity index (χ2n) is 17.0. The van der Waals surface area contributed by atoms with Crippen LogP contribution >= 0.6 is 11.8 Å². The van der Waals surface area contributed by atoms with Gasteiger partial charge >= 0.3 is 5.97 Å². The molecule has 0 aliphatic heterocycles. The number of aromatic carboxylic acids is 1. The Morgan fingerprint density at radius 3 is 2.30 bits per heavy atom. The molecule has 5 nitrogen and oxygen atoms in total. The molecule has 0 amide bonds. The van der Waals surface area contributed by atoms with Crippen molar-refractivity contribution < 1.29 is 19.8 Å². The molecule has 0 fully saturated rings. The van der Waals surface area contributed by atoms with Crippen LogP contribution in [0.15, 0.2) is 132 Å². The van der Waals surface area contributed by atoms with Gasteiger partial charge in [0.05, 0.1) is 0 Å². The topological polar surface area (TPSA) is 77.8 Å². The number of hydrogen-bond donors (Lipinski definition) is 2. The van der Waals surface area contributed by atoms with E-state index in [1.54, 1.807) is 12.1 Å². The van der Waals surface area contributed by atoms with Gasteiger partial charge < -0.3 is 15.1 Å². The molecule has 2 N–H and O–H groups in total. The summed E-state index contributed by atoms with van der Waals surface area (Å²) >= 11 is 1.85. The average Bonchev–Trinajstić information content (AvgIpc) is 3.17. The van der Waals surface area contributed by atoms with E-state index in [1.165, 1.54) is 56.3 Å². The summed E-state index contributed by atoms with van der Waals surface area (Å²) in [5, 5.41) is 23.9. The Bertz CT molecular complexity index is 2710. The zero-order chi connectivity index (χ0) is 40.2. The van der Waals surface area contributed by atoms with Crippen molar-refractivity contribution in [3.63, 3.8) is 0 Å². The van der Waals surface area contributed by atoms with Gasteiger partial charge in [0.2, 0.25) is 0 Å². The number of rotatable bonds is 9. The number of benzene rings is 6. The van der Waals surface area contributed by atoms with Crippen molar-refractivity contribution >= 4 is 62.4 Å². The summed E-state index contributed by atoms with van der Waals surface area (Å²) in [6.07, 6.45) is 9.93. The first-order chi connectivity index (χ1) is 27.2. The SMILES string of the molecule is CN(C)c1ccc(CSc2cc(-c3ccc4ccccc4c3C(=O)C=Cc3ccc(C(=O)O)c(O)c3)cc3ccc4c(c23)C(C)(C)CC2=C4C=CC(C)(C)C2)cc1. The Labute approximate surface area is 339 Å². The van der Waals surface area contributed by atoms with Gasteiger partial charge in [-0.25, -0.2) is 4.79 Å². The summed E-state index contributed by atoms with van der Waals surface area (Å²) in [5.74, 6) is -0.954. The third-order valence-electron chi connectivity index (χ3n) is 11.5. The van der Waals surface area contributed by atoms with Crippen LogP contribution in [0.25, 0.3) is 44.3 Å². The van der Waals surface area contributed by atoms with E-state index >= 15 is 0 Å². The molecule has 8 rings (SSSR count). The molecule has 6 aromatic carbocycles. The molecule has 0 bridgehead atoms. The molecule has 57 heavy (non-hydrogen) atoms. The zero-order valence-electron chi connectivity index (χ0n) is 33.3. The third kappa shape index (κ3) is 7.31. The van der Waals surface area contributed by atoms with Crippen LogP contribution in [0.5, 0.6) is 5.75 Å². The first kappa shape index (κ1) is 38.0. The highest BCUT2D eigenvalue weighted by molar-refractivity contribution is 7.98. The Kier molecular flexibility index (Phi) is 9.73. The Balaban J connectivity index is 1.30. The second-order valence-corrected chi connectivity index (χ2v) is 18.0. The fraction of sp³-hybridized carbons (Fsp3) is 0.216. The van der Waals surface area contributed by atoms with Gasteiger partial charge in [-0.3, -0.25) is 4.79 Å². The van der Waals surface area contributed by atoms with Crippen molar-refractivity contribution in [1.29, 1.82) is 0 Å². The van der Waals surface area contributed by atoms with Crippen LogP contribution in [-0.4, -0.2) is 36.1 Å². The van der Waals surface area contributed by atoms with Crippen molar-refractivity contribution in [2.24, 2.45) is 5.41 Å². The molecule has 286 valence electrons. The maximum Gasteiger partial charge on any atom is 0.339 e. The fourth-order valence-corrected chi connectivity index (χ4v) is 9.82. The number of carboxylic acid groups (broad SMARTS) is 1. The van der Waals surface area contributed by atoms with Crippen molar-refractivity contribution in [1.82, 2.24) is 0 Å². The van der Waals surface area contributed by atoms with Crippen LogP contribution in [0.4, 0.5) is 5.69 Å². The number of ketones is 1. The molecule has 2 aliphatic carbocycles. The van der Waals surface area contributed by atoms with Crippen LogP contribution in [-0.2, 0) is 11.2 Å². The summed E-state index contributed by atoms with van der Waals surface area (Å²) in [4.78, 5) is 29.2. The van der Waals surface area contributed by atoms with E-state index in [0.29, 0.717) is 11.1 Å². The number of nitrogens with zero attached hydrogens (tertiary/aromatic N) is 1. The van der Waals surface area contributed by atoms with Crippen LogP contribution < -0.4 is 4.90 Å². The monoisotopic (exact) mass is 769 g/mol. The number of hydrogen-bond acceptors (Lipinski definition) is 5. The molecular formula is C51H47NO4S. The largest absolute Gasteiger partial charge is 0.507 e. The van der Waals surface area contributed by atoms with Crippen molar-refractivity contribution in [2.75, 3.05) is 19.0 Å². The molecule has 0 unspecified atom stereocenters. The first-order valence-corrected chi connectivity index (χ1v) is 20.4. The smallest absolute Gasteiger partial charge is 0.339 e. The second kappa shape index (κ2) is 14.6. The molecule has 0 saturated heterocycles. The molecular weight excluding hydrogens is 723 g/mol. The van der Waals surface area contributed by atoms with Crippen molar-refractivity contribution in [2.45, 2.75) is 56.6 Å². The summed E-state index contributed by atoms with van der Waals surface area (Å²) < 4.78 is 0. The maximum atomic E-state index is 14.4. The van der Waals surface area contributed by atoms with Gasteiger partial charge in [0, 0.05) is 36.0 Å². The van der Waals surface area contributed by atoms with E-state index in [4.69, 9.17) is 0 Å². The summed E-state index contributed by atoms with van der Waals surface area (Å²) in [6.45, 7) is 9.43. The van der Waals surface area contributed by atoms with E-state index in [0.717, 1.165) is 51.6 Å². The van der Waals surface area contributed by atoms with Crippen LogP contribution in [0, 0.1) is 5.41 Å². The average molecular weight is 770 g/mol. The molecule has 0 aromatic heterocycles. The van der Waals surface area contributed by atoms with E-state index in [2.05, 4.69) is 120 Å². The Morgan fingerprint density at radius 1 is 0.825 bits per heavy atom. The highest BCUT2D eigenvalue weighted by Gasteiger charge is 2.37. The summed E-state index contributed by atoms with van der Waals surface area (Å²) in [5.41, 5.74) is 10.8. The maximum absolute atomic E-state index is 14.4. The predicted molar refractivity (Wildman–Crippen MR) is 238 cm³/mol. The highest BCUT2D eigenvalue weighted by atomic mass is 32.2. The van der Waals surface area contributed by atoms with Gasteiger partial charge in [0.15, 0.2) is 5.78 Å². The van der Waals surface area contributed by atoms with Crippen LogP contribution in [0.2, 0.25) is 0 Å². The lowest BCUT2D eigenvalue weighted by atomic mass is 9.64. The molecule has 2 aliphatic rings. The molecule has 0 saturated carbocycles. The minimum Gasteiger partial charge on any atom is -0.507 e. The lowest BCUT2D eigenvalue weighted by Gasteiger charge is -2.40. The van der Waals surface area contributed by atoms with Gasteiger partial charge in [-0.2, -0.15) is 0 Å². The molecule has 0 radical (unpaired) electrons. The van der Waals surface area contributed by atoms with Crippen molar-refractivity contribution in [3.05, 3.63) is 160 Å². The first-order valence-electron chi connectivity index (χ1n) is 19.4. The summed E-state index contributed by atoms with van der Waals surface area (Å²) in [7, 11) is 4.11. The number of anilines is 1. The van der Waals surface area contributed by atoms with Gasteiger partial charge in [-0.1, -0.05) is 118 Å². The van der Waals surface area contributed by atoms with Crippen molar-refractivity contribution in [3.8, 4) is 16.9 Å². The zero-order valence-corrected chi connectivity index (χ0v) is 34.1. The predicted octanol–water partition coefficient (Wildman–Crippen LogP) is 12.7. The standard InChI is InChI=1S/C51H47NO4S/c1-50(2)24-23-38-36(28-50)29-51(3,4)48-41(38)21-16-34-26-35(27-45(46(34)48)57-30-32-11-17-37(18-12-32)52(5)6)40-20-15-33-9-7-8-10-39(33)47(40)43(53)22-14-31-13-19-42(49(55)56)44(54)25-31/h7-27,54H,28-30H2,1-6H3,(H,55,56). The van der Waals surface area contributed by atoms with E-state index in [9.17, 15) is 19.8 Å². The van der Waals surface area contributed by atoms with E-state index < -0.39 is 5.97 Å². The van der Waals surface area contributed by atoms with Gasteiger partial charge in [0.25, 0.3) is 0 Å². The number of carbonyl (C=O) groups excluding carboxylic acids is 1. The third-order valence-corrected chi connectivity index (χ3v) is 12.6. The van der Waals surface area contributed by atoms with E-state index in [1.807, 2.05) is 36.0 Å². The Hall–Kier alpha value is -5.85. The minimum atomic E-state index is -1.21. The number of carbonyl (C=O) groups is 2. The number of phenols is 1. The Morgan fingerprint density at radius 2 is 1.56 bits per heavy atom. The number of allylic oxidation sites excluding steroid dienone is 5. The molecule has 6 aromatic rings. The lowest BCUT2D eigenvalue weighted by Crippen LogP contribution is -2.28. The lowest BCUT2D eigenvalue weighted by molar-refractivity contribution is 0.0693. The number of carboxylic acids is 1. The number of aromatic hydroxyl groups is 1. The molecule has 0 atom stereocenters. The fourth-order valence-electron chi connectivity index (χ4n) is 8.73.